The van der Waals surface area contributed by atoms with Gasteiger partial charge in [0, 0.05) is 13.1 Å². The number of carboxylic acid groups (broad SMARTS) is 1. The third kappa shape index (κ3) is 2.54. The van der Waals surface area contributed by atoms with Gasteiger partial charge in [-0.3, -0.25) is 4.79 Å². The maximum absolute atomic E-state index is 11.0. The topological polar surface area (TPSA) is 75.6 Å². The highest BCUT2D eigenvalue weighted by Gasteiger charge is 2.45. The van der Waals surface area contributed by atoms with Gasteiger partial charge in [0.2, 0.25) is 9.60 Å². The van der Waals surface area contributed by atoms with E-state index in [9.17, 15) is 4.79 Å². The molecular weight excluding hydrogens is 290 g/mol. The lowest BCUT2D eigenvalue weighted by atomic mass is 9.85. The Morgan fingerprint density at radius 1 is 1.47 bits per heavy atom. The van der Waals surface area contributed by atoms with Gasteiger partial charge in [-0.2, -0.15) is 0 Å². The SMILES string of the molecule is O=C(O)C1COC2(CCN(c3nnc(Cl)s3)CC2)C1. The maximum atomic E-state index is 11.0. The molecule has 2 aliphatic heterocycles. The van der Waals surface area contributed by atoms with Gasteiger partial charge in [-0.05, 0) is 30.9 Å². The van der Waals surface area contributed by atoms with Gasteiger partial charge in [0.1, 0.15) is 0 Å². The first-order valence-corrected chi connectivity index (χ1v) is 7.38. The summed E-state index contributed by atoms with van der Waals surface area (Å²) >= 11 is 7.15. The molecule has 3 rings (SSSR count). The van der Waals surface area contributed by atoms with Gasteiger partial charge >= 0.3 is 5.97 Å². The molecule has 0 saturated carbocycles. The van der Waals surface area contributed by atoms with E-state index in [1.165, 1.54) is 11.3 Å². The van der Waals surface area contributed by atoms with Crippen LogP contribution in [0.1, 0.15) is 19.3 Å². The second-order valence-corrected chi connectivity index (χ2v) is 6.60. The smallest absolute Gasteiger partial charge is 0.308 e. The Kier molecular flexibility index (Phi) is 3.36. The number of carbonyl (C=O) groups is 1. The third-order valence-electron chi connectivity index (χ3n) is 3.89. The van der Waals surface area contributed by atoms with Crippen LogP contribution in [0.3, 0.4) is 0 Å². The number of hydrogen-bond donors (Lipinski definition) is 1. The average Bonchev–Trinajstić information content (AvgIpc) is 2.98. The van der Waals surface area contributed by atoms with Crippen LogP contribution in [0.25, 0.3) is 0 Å². The summed E-state index contributed by atoms with van der Waals surface area (Å²) in [5.74, 6) is -1.11. The van der Waals surface area contributed by atoms with Gasteiger partial charge in [-0.15, -0.1) is 10.2 Å². The van der Waals surface area contributed by atoms with E-state index in [1.807, 2.05) is 0 Å². The van der Waals surface area contributed by atoms with E-state index in [1.54, 1.807) is 0 Å². The molecule has 2 aliphatic rings. The van der Waals surface area contributed by atoms with Gasteiger partial charge in [-0.1, -0.05) is 11.3 Å². The molecule has 19 heavy (non-hydrogen) atoms. The van der Waals surface area contributed by atoms with E-state index in [0.717, 1.165) is 31.1 Å². The van der Waals surface area contributed by atoms with E-state index < -0.39 is 5.97 Å². The Balaban J connectivity index is 1.62. The number of ether oxygens (including phenoxy) is 1. The number of anilines is 1. The minimum atomic E-state index is -0.754. The first-order chi connectivity index (χ1) is 9.08. The second kappa shape index (κ2) is 4.88. The van der Waals surface area contributed by atoms with Crippen LogP contribution in [0.15, 0.2) is 0 Å². The van der Waals surface area contributed by atoms with Crippen LogP contribution < -0.4 is 4.90 Å². The highest BCUT2D eigenvalue weighted by molar-refractivity contribution is 7.19. The second-order valence-electron chi connectivity index (χ2n) is 5.06. The van der Waals surface area contributed by atoms with Gasteiger partial charge in [0.05, 0.1) is 18.1 Å². The molecule has 6 nitrogen and oxygen atoms in total. The standard InChI is InChI=1S/C11H14ClN3O3S/c12-9-13-14-10(19-9)15-3-1-11(2-4-15)5-7(6-18-11)8(16)17/h7H,1-6H2,(H,16,17). The molecule has 8 heteroatoms. The van der Waals surface area contributed by atoms with Crippen molar-refractivity contribution in [2.24, 2.45) is 5.92 Å². The van der Waals surface area contributed by atoms with E-state index in [2.05, 4.69) is 15.1 Å². The van der Waals surface area contributed by atoms with E-state index >= 15 is 0 Å². The van der Waals surface area contributed by atoms with Crippen molar-refractivity contribution >= 4 is 34.0 Å². The summed E-state index contributed by atoms with van der Waals surface area (Å²) in [5, 5.41) is 17.7. The number of nitrogens with zero attached hydrogens (tertiary/aromatic N) is 3. The highest BCUT2D eigenvalue weighted by Crippen LogP contribution is 2.40. The van der Waals surface area contributed by atoms with Crippen molar-refractivity contribution in [1.82, 2.24) is 10.2 Å². The molecule has 0 bridgehead atoms. The molecular formula is C11H14ClN3O3S. The molecule has 0 amide bonds. The van der Waals surface area contributed by atoms with Crippen molar-refractivity contribution in [3.63, 3.8) is 0 Å². The van der Waals surface area contributed by atoms with Crippen molar-refractivity contribution in [3.8, 4) is 0 Å². The number of aromatic nitrogens is 2. The first kappa shape index (κ1) is 13.1. The summed E-state index contributed by atoms with van der Waals surface area (Å²) < 4.78 is 6.22. The Morgan fingerprint density at radius 2 is 2.21 bits per heavy atom. The third-order valence-corrected chi connectivity index (χ3v) is 4.97. The van der Waals surface area contributed by atoms with Crippen LogP contribution >= 0.6 is 22.9 Å². The summed E-state index contributed by atoms with van der Waals surface area (Å²) in [6, 6.07) is 0. The van der Waals surface area contributed by atoms with Crippen molar-refractivity contribution in [3.05, 3.63) is 4.47 Å². The van der Waals surface area contributed by atoms with Crippen molar-refractivity contribution in [1.29, 1.82) is 0 Å². The predicted octanol–water partition coefficient (Wildman–Crippen LogP) is 1.65. The zero-order valence-electron chi connectivity index (χ0n) is 10.2. The van der Waals surface area contributed by atoms with Crippen LogP contribution in [0, 0.1) is 5.92 Å². The van der Waals surface area contributed by atoms with E-state index in [4.69, 9.17) is 21.4 Å². The molecule has 3 heterocycles. The molecule has 1 atom stereocenters. The Labute approximate surface area is 119 Å². The monoisotopic (exact) mass is 303 g/mol. The Morgan fingerprint density at radius 3 is 2.74 bits per heavy atom. The molecule has 1 unspecified atom stereocenters. The van der Waals surface area contributed by atoms with Gasteiger partial charge in [0.15, 0.2) is 0 Å². The average molecular weight is 304 g/mol. The minimum absolute atomic E-state index is 0.256. The van der Waals surface area contributed by atoms with Gasteiger partial charge in [-0.25, -0.2) is 0 Å². The number of carboxylic acids is 1. The van der Waals surface area contributed by atoms with Crippen LogP contribution in [0.5, 0.6) is 0 Å². The van der Waals surface area contributed by atoms with Crippen molar-refractivity contribution in [2.75, 3.05) is 24.6 Å². The fourth-order valence-corrected chi connectivity index (χ4v) is 3.65. The summed E-state index contributed by atoms with van der Waals surface area (Å²) in [6.07, 6.45) is 2.27. The molecule has 104 valence electrons. The largest absolute Gasteiger partial charge is 0.481 e. The first-order valence-electron chi connectivity index (χ1n) is 6.19. The fraction of sp³-hybridized carbons (Fsp3) is 0.727. The summed E-state index contributed by atoms with van der Waals surface area (Å²) in [7, 11) is 0. The Hall–Kier alpha value is -0.920. The van der Waals surface area contributed by atoms with Crippen LogP contribution in [0.2, 0.25) is 4.47 Å². The van der Waals surface area contributed by atoms with Crippen LogP contribution in [-0.2, 0) is 9.53 Å². The number of piperidine rings is 1. The molecule has 2 saturated heterocycles. The van der Waals surface area contributed by atoms with Gasteiger partial charge < -0.3 is 14.7 Å². The lowest BCUT2D eigenvalue weighted by molar-refractivity contribution is -0.141. The van der Waals surface area contributed by atoms with E-state index in [0.29, 0.717) is 17.5 Å². The zero-order chi connectivity index (χ0) is 13.5. The highest BCUT2D eigenvalue weighted by atomic mass is 35.5. The molecule has 0 radical (unpaired) electrons. The zero-order valence-corrected chi connectivity index (χ0v) is 11.8. The van der Waals surface area contributed by atoms with Crippen molar-refractivity contribution < 1.29 is 14.6 Å². The van der Waals surface area contributed by atoms with E-state index in [-0.39, 0.29) is 11.5 Å². The fourth-order valence-electron chi connectivity index (χ4n) is 2.78. The summed E-state index contributed by atoms with van der Waals surface area (Å²) in [5.41, 5.74) is -0.256. The molecule has 1 N–H and O–H groups in total. The molecule has 0 aliphatic carbocycles. The molecule has 1 aromatic heterocycles. The number of rotatable bonds is 2. The lowest BCUT2D eigenvalue weighted by Crippen LogP contribution is -2.44. The van der Waals surface area contributed by atoms with Gasteiger partial charge in [0.25, 0.3) is 0 Å². The minimum Gasteiger partial charge on any atom is -0.481 e. The summed E-state index contributed by atoms with van der Waals surface area (Å²) in [4.78, 5) is 13.1. The Bertz CT molecular complexity index is 487. The normalized spacial score (nSPS) is 25.9. The number of halogens is 1. The lowest BCUT2D eigenvalue weighted by Gasteiger charge is -2.38. The molecule has 2 fully saturated rings. The van der Waals surface area contributed by atoms with Crippen molar-refractivity contribution in [2.45, 2.75) is 24.9 Å². The predicted molar refractivity (Wildman–Crippen MR) is 70.8 cm³/mol. The molecule has 1 spiro atoms. The molecule has 1 aromatic rings. The quantitative estimate of drug-likeness (QED) is 0.895. The van der Waals surface area contributed by atoms with Crippen LogP contribution in [-0.4, -0.2) is 46.6 Å². The number of aliphatic carboxylic acids is 1. The van der Waals surface area contributed by atoms with Crippen LogP contribution in [0.4, 0.5) is 5.13 Å². The molecule has 0 aromatic carbocycles. The summed E-state index contributed by atoms with van der Waals surface area (Å²) in [6.45, 7) is 1.94. The number of hydrogen-bond acceptors (Lipinski definition) is 6. The maximum Gasteiger partial charge on any atom is 0.308 e.